The van der Waals surface area contributed by atoms with Gasteiger partial charge in [0.25, 0.3) is 0 Å². The minimum absolute atomic E-state index is 0.0175. The lowest BCUT2D eigenvalue weighted by atomic mass is 10.0. The van der Waals surface area contributed by atoms with Crippen LogP contribution in [0.4, 0.5) is 18.9 Å². The molecule has 7 heteroatoms. The zero-order valence-corrected chi connectivity index (χ0v) is 16.0. The normalized spacial score (nSPS) is 11.4. The summed E-state index contributed by atoms with van der Waals surface area (Å²) < 4.78 is 40.0. The van der Waals surface area contributed by atoms with Crippen molar-refractivity contribution in [3.8, 4) is 11.3 Å². The van der Waals surface area contributed by atoms with Crippen molar-refractivity contribution < 1.29 is 18.3 Å². The van der Waals surface area contributed by atoms with Gasteiger partial charge < -0.3 is 10.4 Å². The second-order valence-electron chi connectivity index (χ2n) is 6.68. The highest BCUT2D eigenvalue weighted by atomic mass is 19.4. The van der Waals surface area contributed by atoms with Gasteiger partial charge in [-0.1, -0.05) is 36.9 Å². The van der Waals surface area contributed by atoms with Crippen molar-refractivity contribution >= 4 is 11.4 Å². The third-order valence-corrected chi connectivity index (χ3v) is 4.48. The molecule has 3 rings (SSSR count). The molecule has 1 heterocycles. The van der Waals surface area contributed by atoms with Crippen LogP contribution in [0.25, 0.3) is 17.0 Å². The van der Waals surface area contributed by atoms with Crippen LogP contribution in [0.3, 0.4) is 0 Å². The number of aromatic nitrogens is 2. The van der Waals surface area contributed by atoms with Crippen LogP contribution in [0, 0.1) is 13.8 Å². The van der Waals surface area contributed by atoms with Crippen molar-refractivity contribution in [2.24, 2.45) is 0 Å². The Morgan fingerprint density at radius 1 is 1.10 bits per heavy atom. The first-order chi connectivity index (χ1) is 13.7. The molecule has 0 spiro atoms. The number of alkyl halides is 3. The standard InChI is InChI=1S/C22H20F3N3O/c1-13-10-16(12-29)11-14(2)20(13)27-15(3)21-26-9-8-19(28-21)17-6-4-5-7-18(17)22(23,24)25/h4-11,27,29H,3,12H2,1-2H3. The molecule has 29 heavy (non-hydrogen) atoms. The molecule has 0 aliphatic carbocycles. The molecule has 150 valence electrons. The molecular formula is C22H20F3N3O. The molecule has 2 N–H and O–H groups in total. The van der Waals surface area contributed by atoms with E-state index in [9.17, 15) is 18.3 Å². The van der Waals surface area contributed by atoms with Crippen molar-refractivity contribution in [1.82, 2.24) is 9.97 Å². The number of rotatable bonds is 5. The maximum absolute atomic E-state index is 13.3. The number of anilines is 1. The molecule has 0 aliphatic heterocycles. The Morgan fingerprint density at radius 3 is 2.38 bits per heavy atom. The van der Waals surface area contributed by atoms with E-state index in [1.807, 2.05) is 26.0 Å². The number of hydrogen-bond acceptors (Lipinski definition) is 4. The van der Waals surface area contributed by atoms with Gasteiger partial charge in [0.2, 0.25) is 0 Å². The van der Waals surface area contributed by atoms with Crippen LogP contribution in [0.2, 0.25) is 0 Å². The van der Waals surface area contributed by atoms with Gasteiger partial charge in [-0.3, -0.25) is 0 Å². The summed E-state index contributed by atoms with van der Waals surface area (Å²) in [4.78, 5) is 8.44. The van der Waals surface area contributed by atoms with Gasteiger partial charge in [0.05, 0.1) is 23.6 Å². The number of aliphatic hydroxyl groups is 1. The van der Waals surface area contributed by atoms with E-state index in [4.69, 9.17) is 0 Å². The highest BCUT2D eigenvalue weighted by molar-refractivity contribution is 5.76. The molecule has 0 saturated heterocycles. The number of nitrogens with zero attached hydrogens (tertiary/aromatic N) is 2. The number of halogens is 3. The number of benzene rings is 2. The molecule has 0 radical (unpaired) electrons. The van der Waals surface area contributed by atoms with Crippen LogP contribution < -0.4 is 5.32 Å². The summed E-state index contributed by atoms with van der Waals surface area (Å²) in [5.74, 6) is 0.199. The van der Waals surface area contributed by atoms with Crippen molar-refractivity contribution in [2.75, 3.05) is 5.32 Å². The lowest BCUT2D eigenvalue weighted by Gasteiger charge is -2.16. The van der Waals surface area contributed by atoms with E-state index in [0.717, 1.165) is 28.4 Å². The second-order valence-corrected chi connectivity index (χ2v) is 6.68. The van der Waals surface area contributed by atoms with Gasteiger partial charge in [-0.25, -0.2) is 9.97 Å². The molecule has 3 aromatic rings. The fourth-order valence-corrected chi connectivity index (χ4v) is 3.16. The fourth-order valence-electron chi connectivity index (χ4n) is 3.16. The lowest BCUT2D eigenvalue weighted by Crippen LogP contribution is -2.09. The molecule has 0 saturated carbocycles. The van der Waals surface area contributed by atoms with Gasteiger partial charge >= 0.3 is 6.18 Å². The summed E-state index contributed by atoms with van der Waals surface area (Å²) in [6.45, 7) is 7.66. The van der Waals surface area contributed by atoms with Crippen LogP contribution in [0.5, 0.6) is 0 Å². The minimum atomic E-state index is -4.49. The predicted octanol–water partition coefficient (Wildman–Crippen LogP) is 5.35. The number of aliphatic hydroxyl groups excluding tert-OH is 1. The van der Waals surface area contributed by atoms with Gasteiger partial charge in [-0.15, -0.1) is 0 Å². The SMILES string of the molecule is C=C(Nc1c(C)cc(CO)cc1C)c1nccc(-c2ccccc2C(F)(F)F)n1. The largest absolute Gasteiger partial charge is 0.417 e. The van der Waals surface area contributed by atoms with Crippen molar-refractivity contribution in [3.05, 3.63) is 83.3 Å². The highest BCUT2D eigenvalue weighted by Crippen LogP contribution is 2.36. The third-order valence-electron chi connectivity index (χ3n) is 4.48. The molecule has 0 fully saturated rings. The molecular weight excluding hydrogens is 379 g/mol. The molecule has 0 unspecified atom stereocenters. The quantitative estimate of drug-likeness (QED) is 0.607. The van der Waals surface area contributed by atoms with Crippen molar-refractivity contribution in [3.63, 3.8) is 0 Å². The summed E-state index contributed by atoms with van der Waals surface area (Å²) in [6.07, 6.45) is -3.08. The van der Waals surface area contributed by atoms with E-state index in [0.29, 0.717) is 5.70 Å². The van der Waals surface area contributed by atoms with E-state index in [1.165, 1.54) is 30.5 Å². The van der Waals surface area contributed by atoms with Gasteiger partial charge in [0.15, 0.2) is 5.82 Å². The average molecular weight is 399 g/mol. The third kappa shape index (κ3) is 4.46. The maximum Gasteiger partial charge on any atom is 0.417 e. The number of nitrogens with one attached hydrogen (secondary N) is 1. The van der Waals surface area contributed by atoms with Crippen molar-refractivity contribution in [1.29, 1.82) is 0 Å². The first-order valence-corrected chi connectivity index (χ1v) is 8.87. The summed E-state index contributed by atoms with van der Waals surface area (Å²) in [6, 6.07) is 10.4. The number of hydrogen-bond donors (Lipinski definition) is 2. The van der Waals surface area contributed by atoms with Gasteiger partial charge in [0, 0.05) is 17.4 Å². The van der Waals surface area contributed by atoms with Crippen molar-refractivity contribution in [2.45, 2.75) is 26.6 Å². The predicted molar refractivity (Wildman–Crippen MR) is 107 cm³/mol. The Balaban J connectivity index is 1.95. The maximum atomic E-state index is 13.3. The summed E-state index contributed by atoms with van der Waals surface area (Å²) in [5, 5.41) is 12.5. The first kappa shape index (κ1) is 20.5. The van der Waals surface area contributed by atoms with Gasteiger partial charge in [-0.05, 0) is 42.7 Å². The zero-order chi connectivity index (χ0) is 21.2. The molecule has 0 aliphatic rings. The van der Waals surface area contributed by atoms with E-state index in [1.54, 1.807) is 0 Å². The summed E-state index contributed by atoms with van der Waals surface area (Å²) >= 11 is 0. The van der Waals surface area contributed by atoms with E-state index in [2.05, 4.69) is 21.9 Å². The highest BCUT2D eigenvalue weighted by Gasteiger charge is 2.33. The second kappa shape index (κ2) is 8.05. The Hall–Kier alpha value is -3.19. The Bertz CT molecular complexity index is 1040. The molecule has 1 aromatic heterocycles. The molecule has 0 atom stereocenters. The topological polar surface area (TPSA) is 58.0 Å². The van der Waals surface area contributed by atoms with Crippen LogP contribution in [-0.2, 0) is 12.8 Å². The monoisotopic (exact) mass is 399 g/mol. The van der Waals surface area contributed by atoms with E-state index in [-0.39, 0.29) is 23.7 Å². The first-order valence-electron chi connectivity index (χ1n) is 8.87. The summed E-state index contributed by atoms with van der Waals surface area (Å²) in [5.41, 5.74) is 3.12. The van der Waals surface area contributed by atoms with Gasteiger partial charge in [-0.2, -0.15) is 13.2 Å². The molecule has 4 nitrogen and oxygen atoms in total. The Kier molecular flexibility index (Phi) is 5.70. The lowest BCUT2D eigenvalue weighted by molar-refractivity contribution is -0.137. The Morgan fingerprint density at radius 2 is 1.76 bits per heavy atom. The minimum Gasteiger partial charge on any atom is -0.392 e. The van der Waals surface area contributed by atoms with Crippen LogP contribution >= 0.6 is 0 Å². The average Bonchev–Trinajstić information content (AvgIpc) is 2.69. The Labute approximate surface area is 166 Å². The molecule has 0 amide bonds. The zero-order valence-electron chi connectivity index (χ0n) is 16.0. The van der Waals surface area contributed by atoms with E-state index < -0.39 is 11.7 Å². The van der Waals surface area contributed by atoms with Crippen LogP contribution in [-0.4, -0.2) is 15.1 Å². The number of aryl methyl sites for hydroxylation is 2. The van der Waals surface area contributed by atoms with E-state index >= 15 is 0 Å². The van der Waals surface area contributed by atoms with Crippen LogP contribution in [0.15, 0.2) is 55.2 Å². The van der Waals surface area contributed by atoms with Crippen LogP contribution in [0.1, 0.15) is 28.1 Å². The molecule has 2 aromatic carbocycles. The van der Waals surface area contributed by atoms with Gasteiger partial charge in [0.1, 0.15) is 0 Å². The fraction of sp³-hybridized carbons (Fsp3) is 0.182. The molecule has 0 bridgehead atoms. The summed E-state index contributed by atoms with van der Waals surface area (Å²) in [7, 11) is 0. The smallest absolute Gasteiger partial charge is 0.392 e.